The second kappa shape index (κ2) is 6.80. The van der Waals surface area contributed by atoms with Crippen LogP contribution in [0, 0.1) is 3.57 Å². The molecule has 1 aromatic rings. The molecule has 0 heterocycles. The van der Waals surface area contributed by atoms with Gasteiger partial charge in [0.05, 0.1) is 5.02 Å². The van der Waals surface area contributed by atoms with Crippen LogP contribution in [0.15, 0.2) is 18.2 Å². The number of amides is 2. The first-order chi connectivity index (χ1) is 8.00. The Labute approximate surface area is 118 Å². The molecule has 0 bridgehead atoms. The van der Waals surface area contributed by atoms with Gasteiger partial charge < -0.3 is 11.1 Å². The monoisotopic (exact) mass is 366 g/mol. The number of nitrogens with two attached hydrogens (primary N) is 1. The molecule has 0 aliphatic heterocycles. The van der Waals surface area contributed by atoms with Crippen molar-refractivity contribution in [2.45, 2.75) is 12.8 Å². The molecule has 1 aromatic carbocycles. The van der Waals surface area contributed by atoms with Gasteiger partial charge in [0, 0.05) is 22.1 Å². The summed E-state index contributed by atoms with van der Waals surface area (Å²) in [4.78, 5) is 22.2. The molecule has 2 amide bonds. The van der Waals surface area contributed by atoms with Crippen molar-refractivity contribution in [3.05, 3.63) is 32.4 Å². The number of rotatable bonds is 5. The van der Waals surface area contributed by atoms with E-state index < -0.39 is 0 Å². The van der Waals surface area contributed by atoms with Crippen LogP contribution in [-0.2, 0) is 4.79 Å². The highest BCUT2D eigenvalue weighted by Gasteiger charge is 2.07. The summed E-state index contributed by atoms with van der Waals surface area (Å²) in [5.41, 5.74) is 5.50. The van der Waals surface area contributed by atoms with E-state index in [1.165, 1.54) is 0 Å². The Morgan fingerprint density at radius 3 is 2.71 bits per heavy atom. The Kier molecular flexibility index (Phi) is 5.70. The lowest BCUT2D eigenvalue weighted by Gasteiger charge is -2.05. The van der Waals surface area contributed by atoms with Gasteiger partial charge >= 0.3 is 0 Å². The average Bonchev–Trinajstić information content (AvgIpc) is 2.27. The molecule has 0 radical (unpaired) electrons. The minimum atomic E-state index is -0.364. The predicted octanol–water partition coefficient (Wildman–Crippen LogP) is 1.94. The summed E-state index contributed by atoms with van der Waals surface area (Å²) in [5.74, 6) is -0.565. The van der Waals surface area contributed by atoms with Gasteiger partial charge in [0.25, 0.3) is 5.91 Å². The zero-order chi connectivity index (χ0) is 12.8. The SMILES string of the molecule is NC(=O)CCCNC(=O)c1ccc(I)c(Cl)c1. The molecular weight excluding hydrogens is 354 g/mol. The van der Waals surface area contributed by atoms with Crippen LogP contribution in [0.2, 0.25) is 5.02 Å². The maximum atomic E-state index is 11.7. The van der Waals surface area contributed by atoms with Gasteiger partial charge in [0.2, 0.25) is 5.91 Å². The van der Waals surface area contributed by atoms with Gasteiger partial charge in [-0.3, -0.25) is 9.59 Å². The lowest BCUT2D eigenvalue weighted by Crippen LogP contribution is -2.25. The van der Waals surface area contributed by atoms with Crippen molar-refractivity contribution >= 4 is 46.0 Å². The third-order valence-electron chi connectivity index (χ3n) is 2.07. The lowest BCUT2D eigenvalue weighted by molar-refractivity contribution is -0.118. The number of carbonyl (C=O) groups is 2. The van der Waals surface area contributed by atoms with E-state index in [1.807, 2.05) is 0 Å². The number of nitrogens with one attached hydrogen (secondary N) is 1. The molecule has 92 valence electrons. The second-order valence-electron chi connectivity index (χ2n) is 3.45. The molecule has 0 aliphatic rings. The minimum Gasteiger partial charge on any atom is -0.370 e. The van der Waals surface area contributed by atoms with E-state index in [0.29, 0.717) is 23.6 Å². The van der Waals surface area contributed by atoms with Crippen molar-refractivity contribution in [2.75, 3.05) is 6.54 Å². The standard InChI is InChI=1S/C11H12ClIN2O2/c12-8-6-7(3-4-9(8)13)11(17)15-5-1-2-10(14)16/h3-4,6H,1-2,5H2,(H2,14,16)(H,15,17). The van der Waals surface area contributed by atoms with Crippen molar-refractivity contribution in [3.8, 4) is 0 Å². The largest absolute Gasteiger partial charge is 0.370 e. The fourth-order valence-electron chi connectivity index (χ4n) is 1.20. The number of hydrogen-bond donors (Lipinski definition) is 2. The molecule has 0 aliphatic carbocycles. The van der Waals surface area contributed by atoms with Crippen molar-refractivity contribution in [1.82, 2.24) is 5.32 Å². The Hall–Kier alpha value is -0.820. The zero-order valence-electron chi connectivity index (χ0n) is 9.00. The van der Waals surface area contributed by atoms with Crippen LogP contribution in [-0.4, -0.2) is 18.4 Å². The summed E-state index contributed by atoms with van der Waals surface area (Å²) in [6.07, 6.45) is 0.812. The van der Waals surface area contributed by atoms with Crippen LogP contribution in [0.3, 0.4) is 0 Å². The number of primary amides is 1. The highest BCUT2D eigenvalue weighted by molar-refractivity contribution is 14.1. The quantitative estimate of drug-likeness (QED) is 0.617. The third kappa shape index (κ3) is 4.91. The molecule has 4 nitrogen and oxygen atoms in total. The molecule has 0 aromatic heterocycles. The fraction of sp³-hybridized carbons (Fsp3) is 0.273. The zero-order valence-corrected chi connectivity index (χ0v) is 11.9. The lowest BCUT2D eigenvalue weighted by atomic mass is 10.2. The van der Waals surface area contributed by atoms with Gasteiger partial charge in [0.1, 0.15) is 0 Å². The number of benzene rings is 1. The molecule has 0 saturated heterocycles. The predicted molar refractivity (Wildman–Crippen MR) is 74.9 cm³/mol. The summed E-state index contributed by atoms with van der Waals surface area (Å²) in [6.45, 7) is 0.422. The number of hydrogen-bond acceptors (Lipinski definition) is 2. The highest BCUT2D eigenvalue weighted by atomic mass is 127. The van der Waals surface area contributed by atoms with E-state index in [0.717, 1.165) is 3.57 Å². The molecule has 0 saturated carbocycles. The number of carbonyl (C=O) groups excluding carboxylic acids is 2. The van der Waals surface area contributed by atoms with Crippen LogP contribution in [0.4, 0.5) is 0 Å². The van der Waals surface area contributed by atoms with Gasteiger partial charge in [-0.25, -0.2) is 0 Å². The maximum Gasteiger partial charge on any atom is 0.251 e. The Morgan fingerprint density at radius 2 is 2.12 bits per heavy atom. The van der Waals surface area contributed by atoms with Crippen molar-refractivity contribution in [3.63, 3.8) is 0 Å². The summed E-state index contributed by atoms with van der Waals surface area (Å²) in [6, 6.07) is 5.10. The molecule has 3 N–H and O–H groups in total. The van der Waals surface area contributed by atoms with Crippen LogP contribution >= 0.6 is 34.2 Å². The summed E-state index contributed by atoms with van der Waals surface area (Å²) >= 11 is 8.00. The Morgan fingerprint density at radius 1 is 1.41 bits per heavy atom. The molecule has 0 spiro atoms. The topological polar surface area (TPSA) is 72.2 Å². The van der Waals surface area contributed by atoms with Gasteiger partial charge in [-0.15, -0.1) is 0 Å². The molecule has 0 unspecified atom stereocenters. The van der Waals surface area contributed by atoms with Crippen LogP contribution in [0.25, 0.3) is 0 Å². The van der Waals surface area contributed by atoms with Gasteiger partial charge in [-0.05, 0) is 47.2 Å². The van der Waals surface area contributed by atoms with E-state index in [-0.39, 0.29) is 18.2 Å². The van der Waals surface area contributed by atoms with E-state index in [9.17, 15) is 9.59 Å². The van der Waals surface area contributed by atoms with Crippen LogP contribution in [0.1, 0.15) is 23.2 Å². The molecular formula is C11H12ClIN2O2. The summed E-state index contributed by atoms with van der Waals surface area (Å²) in [7, 11) is 0. The first-order valence-electron chi connectivity index (χ1n) is 5.02. The summed E-state index contributed by atoms with van der Waals surface area (Å²) < 4.78 is 0.898. The Bertz CT molecular complexity index is 437. The minimum absolute atomic E-state index is 0.201. The van der Waals surface area contributed by atoms with E-state index in [2.05, 4.69) is 27.9 Å². The van der Waals surface area contributed by atoms with Gasteiger partial charge in [-0.1, -0.05) is 11.6 Å². The van der Waals surface area contributed by atoms with E-state index in [4.69, 9.17) is 17.3 Å². The van der Waals surface area contributed by atoms with Crippen molar-refractivity contribution in [1.29, 1.82) is 0 Å². The first-order valence-corrected chi connectivity index (χ1v) is 6.48. The summed E-state index contributed by atoms with van der Waals surface area (Å²) in [5, 5.41) is 3.24. The molecule has 6 heteroatoms. The first kappa shape index (κ1) is 14.2. The van der Waals surface area contributed by atoms with Crippen LogP contribution < -0.4 is 11.1 Å². The molecule has 0 fully saturated rings. The molecule has 0 atom stereocenters. The van der Waals surface area contributed by atoms with Crippen LogP contribution in [0.5, 0.6) is 0 Å². The van der Waals surface area contributed by atoms with Crippen molar-refractivity contribution in [2.24, 2.45) is 5.73 Å². The highest BCUT2D eigenvalue weighted by Crippen LogP contribution is 2.19. The Balaban J connectivity index is 2.47. The van der Waals surface area contributed by atoms with E-state index in [1.54, 1.807) is 18.2 Å². The molecule has 1 rings (SSSR count). The number of halogens is 2. The normalized spacial score (nSPS) is 10.0. The average molecular weight is 367 g/mol. The third-order valence-corrected chi connectivity index (χ3v) is 3.64. The van der Waals surface area contributed by atoms with Gasteiger partial charge in [0.15, 0.2) is 0 Å². The van der Waals surface area contributed by atoms with E-state index >= 15 is 0 Å². The smallest absolute Gasteiger partial charge is 0.251 e. The van der Waals surface area contributed by atoms with Gasteiger partial charge in [-0.2, -0.15) is 0 Å². The maximum absolute atomic E-state index is 11.7. The van der Waals surface area contributed by atoms with Crippen molar-refractivity contribution < 1.29 is 9.59 Å². The molecule has 17 heavy (non-hydrogen) atoms. The fourth-order valence-corrected chi connectivity index (χ4v) is 1.72. The second-order valence-corrected chi connectivity index (χ2v) is 5.02.